The average molecular weight is 380 g/mol. The minimum Gasteiger partial charge on any atom is -0.377 e. The number of nitrogens with zero attached hydrogens (tertiary/aromatic N) is 3. The lowest BCUT2D eigenvalue weighted by Crippen LogP contribution is -2.48. The van der Waals surface area contributed by atoms with Gasteiger partial charge in [0.1, 0.15) is 5.69 Å². The Morgan fingerprint density at radius 2 is 1.86 bits per heavy atom. The largest absolute Gasteiger partial charge is 0.377 e. The molecule has 0 radical (unpaired) electrons. The Balaban J connectivity index is 1.44. The molecular formula is C21H24N4O3. The molecule has 7 heteroatoms. The third-order valence-electron chi connectivity index (χ3n) is 5.31. The van der Waals surface area contributed by atoms with E-state index in [9.17, 15) is 14.9 Å². The molecule has 1 aliphatic carbocycles. The zero-order valence-electron chi connectivity index (χ0n) is 15.9. The summed E-state index contributed by atoms with van der Waals surface area (Å²) in [7, 11) is 0. The summed E-state index contributed by atoms with van der Waals surface area (Å²) in [6.07, 6.45) is 2.06. The normalized spacial score (nSPS) is 16.8. The number of hydrogen-bond acceptors (Lipinski definition) is 5. The first-order chi connectivity index (χ1) is 13.5. The molecule has 1 saturated heterocycles. The number of benzene rings is 2. The minimum absolute atomic E-state index is 0.0313. The van der Waals surface area contributed by atoms with E-state index in [4.69, 9.17) is 0 Å². The molecule has 0 atom stereocenters. The Morgan fingerprint density at radius 1 is 1.11 bits per heavy atom. The van der Waals surface area contributed by atoms with Crippen molar-refractivity contribution >= 4 is 23.0 Å². The molecule has 1 N–H and O–H groups in total. The van der Waals surface area contributed by atoms with Crippen molar-refractivity contribution in [1.29, 1.82) is 0 Å². The number of carbonyl (C=O) groups is 1. The van der Waals surface area contributed by atoms with Gasteiger partial charge in [0, 0.05) is 49.5 Å². The molecule has 1 amide bonds. The molecule has 28 heavy (non-hydrogen) atoms. The van der Waals surface area contributed by atoms with E-state index >= 15 is 0 Å². The fraction of sp³-hybridized carbons (Fsp3) is 0.381. The van der Waals surface area contributed by atoms with Gasteiger partial charge in [0.15, 0.2) is 0 Å². The number of nitro groups is 1. The van der Waals surface area contributed by atoms with Crippen molar-refractivity contribution in [3.8, 4) is 0 Å². The van der Waals surface area contributed by atoms with E-state index in [0.717, 1.165) is 25.9 Å². The van der Waals surface area contributed by atoms with Crippen LogP contribution >= 0.6 is 0 Å². The fourth-order valence-corrected chi connectivity index (χ4v) is 3.56. The van der Waals surface area contributed by atoms with Crippen LogP contribution in [-0.4, -0.2) is 48.0 Å². The summed E-state index contributed by atoms with van der Waals surface area (Å²) in [6, 6.07) is 13.4. The van der Waals surface area contributed by atoms with E-state index in [-0.39, 0.29) is 11.6 Å². The van der Waals surface area contributed by atoms with E-state index in [2.05, 4.69) is 35.3 Å². The molecule has 4 rings (SSSR count). The molecule has 0 aromatic heterocycles. The van der Waals surface area contributed by atoms with E-state index in [1.807, 2.05) is 6.07 Å². The molecule has 0 unspecified atom stereocenters. The van der Waals surface area contributed by atoms with E-state index < -0.39 is 4.92 Å². The second kappa shape index (κ2) is 7.50. The van der Waals surface area contributed by atoms with E-state index in [1.165, 1.54) is 17.3 Å². The summed E-state index contributed by atoms with van der Waals surface area (Å²) in [6.45, 7) is 4.76. The van der Waals surface area contributed by atoms with Crippen molar-refractivity contribution < 1.29 is 9.72 Å². The van der Waals surface area contributed by atoms with Gasteiger partial charge in [0.05, 0.1) is 4.92 Å². The van der Waals surface area contributed by atoms with Crippen LogP contribution in [0.3, 0.4) is 0 Å². The number of rotatable bonds is 5. The van der Waals surface area contributed by atoms with Crippen LogP contribution in [0.15, 0.2) is 42.5 Å². The molecule has 0 bridgehead atoms. The molecule has 146 valence electrons. The molecular weight excluding hydrogens is 356 g/mol. The Hall–Kier alpha value is -3.09. The highest BCUT2D eigenvalue weighted by molar-refractivity contribution is 5.96. The Morgan fingerprint density at radius 3 is 2.50 bits per heavy atom. The summed E-state index contributed by atoms with van der Waals surface area (Å²) in [4.78, 5) is 27.9. The first-order valence-electron chi connectivity index (χ1n) is 9.67. The Bertz CT molecular complexity index is 902. The SMILES string of the molecule is Cc1cccc(N2CCN(C(=O)c3ccc(NC4CC4)c([N+](=O)[O-])c3)CC2)c1. The molecule has 1 aliphatic heterocycles. The van der Waals surface area contributed by atoms with Crippen LogP contribution in [0.25, 0.3) is 0 Å². The van der Waals surface area contributed by atoms with E-state index in [1.54, 1.807) is 17.0 Å². The maximum atomic E-state index is 12.9. The molecule has 0 spiro atoms. The smallest absolute Gasteiger partial charge is 0.293 e. The predicted octanol–water partition coefficient (Wildman–Crippen LogP) is 3.44. The molecule has 2 aromatic carbocycles. The number of piperazine rings is 1. The van der Waals surface area contributed by atoms with Gasteiger partial charge in [0.2, 0.25) is 0 Å². The van der Waals surface area contributed by atoms with Crippen molar-refractivity contribution in [3.05, 3.63) is 63.7 Å². The lowest BCUT2D eigenvalue weighted by molar-refractivity contribution is -0.384. The van der Waals surface area contributed by atoms with Gasteiger partial charge in [-0.3, -0.25) is 14.9 Å². The van der Waals surface area contributed by atoms with Crippen molar-refractivity contribution in [1.82, 2.24) is 4.90 Å². The topological polar surface area (TPSA) is 78.7 Å². The van der Waals surface area contributed by atoms with Crippen LogP contribution in [0.2, 0.25) is 0 Å². The van der Waals surface area contributed by atoms with Crippen molar-refractivity contribution in [2.75, 3.05) is 36.4 Å². The van der Waals surface area contributed by atoms with E-state index in [0.29, 0.717) is 30.4 Å². The lowest BCUT2D eigenvalue weighted by Gasteiger charge is -2.36. The Labute approximate surface area is 164 Å². The number of carbonyl (C=O) groups excluding carboxylic acids is 1. The lowest BCUT2D eigenvalue weighted by atomic mass is 10.1. The summed E-state index contributed by atoms with van der Waals surface area (Å²) in [5.41, 5.74) is 3.21. The zero-order valence-corrected chi connectivity index (χ0v) is 15.9. The second-order valence-corrected chi connectivity index (χ2v) is 7.53. The second-order valence-electron chi connectivity index (χ2n) is 7.53. The first-order valence-corrected chi connectivity index (χ1v) is 9.67. The van der Waals surface area contributed by atoms with Gasteiger partial charge in [-0.05, 0) is 49.6 Å². The average Bonchev–Trinajstić information content (AvgIpc) is 3.52. The molecule has 2 aliphatic rings. The van der Waals surface area contributed by atoms with Crippen LogP contribution in [0, 0.1) is 17.0 Å². The fourth-order valence-electron chi connectivity index (χ4n) is 3.56. The summed E-state index contributed by atoms with van der Waals surface area (Å²) < 4.78 is 0. The van der Waals surface area contributed by atoms with Gasteiger partial charge < -0.3 is 15.1 Å². The van der Waals surface area contributed by atoms with Crippen LogP contribution in [-0.2, 0) is 0 Å². The predicted molar refractivity (Wildman–Crippen MR) is 109 cm³/mol. The molecule has 2 fully saturated rings. The minimum atomic E-state index is -0.419. The first kappa shape index (κ1) is 18.3. The van der Waals surface area contributed by atoms with Gasteiger partial charge in [-0.2, -0.15) is 0 Å². The summed E-state index contributed by atoms with van der Waals surface area (Å²) >= 11 is 0. The van der Waals surface area contributed by atoms with Gasteiger partial charge in [-0.1, -0.05) is 12.1 Å². The van der Waals surface area contributed by atoms with Gasteiger partial charge in [-0.25, -0.2) is 0 Å². The standard InChI is InChI=1S/C21H24N4O3/c1-15-3-2-4-18(13-15)23-9-11-24(12-10-23)21(26)16-5-8-19(22-17-6-7-17)20(14-16)25(27)28/h2-5,8,13-14,17,22H,6-7,9-12H2,1H3. The maximum Gasteiger partial charge on any atom is 0.293 e. The van der Waals surface area contributed by atoms with Gasteiger partial charge in [-0.15, -0.1) is 0 Å². The highest BCUT2D eigenvalue weighted by Crippen LogP contribution is 2.32. The van der Waals surface area contributed by atoms with Crippen LogP contribution in [0.5, 0.6) is 0 Å². The monoisotopic (exact) mass is 380 g/mol. The van der Waals surface area contributed by atoms with Crippen molar-refractivity contribution in [2.24, 2.45) is 0 Å². The number of anilines is 2. The highest BCUT2D eigenvalue weighted by atomic mass is 16.6. The zero-order chi connectivity index (χ0) is 19.7. The third-order valence-corrected chi connectivity index (χ3v) is 5.31. The number of nitrogens with one attached hydrogen (secondary N) is 1. The van der Waals surface area contributed by atoms with Crippen LogP contribution < -0.4 is 10.2 Å². The Kier molecular flexibility index (Phi) is 4.90. The summed E-state index contributed by atoms with van der Waals surface area (Å²) in [5, 5.41) is 14.6. The van der Waals surface area contributed by atoms with Gasteiger partial charge >= 0.3 is 0 Å². The number of amides is 1. The highest BCUT2D eigenvalue weighted by Gasteiger charge is 2.27. The molecule has 2 aromatic rings. The van der Waals surface area contributed by atoms with Crippen LogP contribution in [0.1, 0.15) is 28.8 Å². The number of nitro benzene ring substituents is 1. The summed E-state index contributed by atoms with van der Waals surface area (Å²) in [5.74, 6) is -0.148. The number of hydrogen-bond donors (Lipinski definition) is 1. The van der Waals surface area contributed by atoms with Crippen molar-refractivity contribution in [3.63, 3.8) is 0 Å². The third kappa shape index (κ3) is 3.93. The van der Waals surface area contributed by atoms with Crippen LogP contribution in [0.4, 0.5) is 17.1 Å². The molecule has 1 heterocycles. The number of aryl methyl sites for hydroxylation is 1. The molecule has 1 saturated carbocycles. The quantitative estimate of drug-likeness (QED) is 0.635. The van der Waals surface area contributed by atoms with Crippen molar-refractivity contribution in [2.45, 2.75) is 25.8 Å². The maximum absolute atomic E-state index is 12.9. The van der Waals surface area contributed by atoms with Gasteiger partial charge in [0.25, 0.3) is 11.6 Å². The molecule has 7 nitrogen and oxygen atoms in total.